The molecule has 5 heteroatoms. The van der Waals surface area contributed by atoms with Gasteiger partial charge in [0.15, 0.2) is 8.32 Å². The van der Waals surface area contributed by atoms with Crippen LogP contribution in [0.25, 0.3) is 0 Å². The van der Waals surface area contributed by atoms with E-state index in [-0.39, 0.29) is 6.03 Å². The molecule has 0 bridgehead atoms. The lowest BCUT2D eigenvalue weighted by molar-refractivity contribution is 0.215. The van der Waals surface area contributed by atoms with E-state index < -0.39 is 8.32 Å². The molecule has 2 amide bonds. The molecular formula is C13H28N2O2Si. The average Bonchev–Trinajstić information content (AvgIpc) is 2.70. The van der Waals surface area contributed by atoms with Gasteiger partial charge in [-0.1, -0.05) is 19.8 Å². The molecule has 4 nitrogen and oxygen atoms in total. The van der Waals surface area contributed by atoms with Crippen LogP contribution < -0.4 is 5.32 Å². The van der Waals surface area contributed by atoms with E-state index in [0.717, 1.165) is 32.7 Å². The van der Waals surface area contributed by atoms with Crippen molar-refractivity contribution in [1.82, 2.24) is 10.2 Å². The van der Waals surface area contributed by atoms with Gasteiger partial charge in [-0.25, -0.2) is 4.79 Å². The zero-order valence-corrected chi connectivity index (χ0v) is 13.3. The Morgan fingerprint density at radius 1 is 1.39 bits per heavy atom. The highest BCUT2D eigenvalue weighted by atomic mass is 28.4. The molecular weight excluding hydrogens is 244 g/mol. The first-order valence-electron chi connectivity index (χ1n) is 7.18. The van der Waals surface area contributed by atoms with E-state index in [1.54, 1.807) is 0 Å². The molecule has 1 heterocycles. The SMILES string of the molecule is CCCC(CCN1CCNC1=O)[Si](C)(C)OCC. The van der Waals surface area contributed by atoms with Crippen LogP contribution in [-0.2, 0) is 4.43 Å². The summed E-state index contributed by atoms with van der Waals surface area (Å²) in [6.45, 7) is 12.3. The average molecular weight is 272 g/mol. The van der Waals surface area contributed by atoms with Crippen molar-refractivity contribution >= 4 is 14.3 Å². The van der Waals surface area contributed by atoms with Gasteiger partial charge in [0, 0.05) is 26.2 Å². The molecule has 1 atom stereocenters. The van der Waals surface area contributed by atoms with Gasteiger partial charge in [0.2, 0.25) is 0 Å². The summed E-state index contributed by atoms with van der Waals surface area (Å²) in [6.07, 6.45) is 3.50. The van der Waals surface area contributed by atoms with Crippen LogP contribution in [0.4, 0.5) is 4.79 Å². The third-order valence-corrected chi connectivity index (χ3v) is 7.41. The fraction of sp³-hybridized carbons (Fsp3) is 0.923. The smallest absolute Gasteiger partial charge is 0.317 e. The second-order valence-corrected chi connectivity index (χ2v) is 9.84. The van der Waals surface area contributed by atoms with Crippen molar-refractivity contribution < 1.29 is 9.22 Å². The van der Waals surface area contributed by atoms with Crippen LogP contribution in [0.2, 0.25) is 18.6 Å². The van der Waals surface area contributed by atoms with Crippen LogP contribution in [0, 0.1) is 0 Å². The monoisotopic (exact) mass is 272 g/mol. The van der Waals surface area contributed by atoms with Gasteiger partial charge >= 0.3 is 6.03 Å². The Labute approximate surface area is 112 Å². The van der Waals surface area contributed by atoms with Crippen molar-refractivity contribution in [2.45, 2.75) is 51.7 Å². The molecule has 0 spiro atoms. The second kappa shape index (κ2) is 7.14. The molecule has 1 aliphatic rings. The second-order valence-electron chi connectivity index (χ2n) is 5.53. The maximum Gasteiger partial charge on any atom is 0.317 e. The summed E-state index contributed by atoms with van der Waals surface area (Å²) >= 11 is 0. The fourth-order valence-electron chi connectivity index (χ4n) is 2.71. The van der Waals surface area contributed by atoms with Gasteiger partial charge in [-0.05, 0) is 32.0 Å². The number of nitrogens with one attached hydrogen (secondary N) is 1. The number of carbonyl (C=O) groups excluding carboxylic acids is 1. The van der Waals surface area contributed by atoms with Gasteiger partial charge in [0.1, 0.15) is 0 Å². The summed E-state index contributed by atoms with van der Waals surface area (Å²) < 4.78 is 6.01. The molecule has 1 saturated heterocycles. The lowest BCUT2D eigenvalue weighted by Gasteiger charge is -2.32. The van der Waals surface area contributed by atoms with E-state index >= 15 is 0 Å². The topological polar surface area (TPSA) is 41.6 Å². The highest BCUT2D eigenvalue weighted by molar-refractivity contribution is 6.72. The summed E-state index contributed by atoms with van der Waals surface area (Å²) in [4.78, 5) is 13.4. The first-order chi connectivity index (χ1) is 8.51. The zero-order valence-electron chi connectivity index (χ0n) is 12.3. The standard InChI is InChI=1S/C13H28N2O2Si/c1-5-7-12(18(3,4)17-6-2)8-10-15-11-9-14-13(15)16/h12H,5-11H2,1-4H3,(H,14,16). The molecule has 1 N–H and O–H groups in total. The number of urea groups is 1. The van der Waals surface area contributed by atoms with Gasteiger partial charge in [0.05, 0.1) is 0 Å². The van der Waals surface area contributed by atoms with Crippen LogP contribution >= 0.6 is 0 Å². The number of amides is 2. The Kier molecular flexibility index (Phi) is 6.15. The van der Waals surface area contributed by atoms with Crippen molar-refractivity contribution in [3.8, 4) is 0 Å². The largest absolute Gasteiger partial charge is 0.417 e. The van der Waals surface area contributed by atoms with Crippen molar-refractivity contribution in [2.75, 3.05) is 26.2 Å². The van der Waals surface area contributed by atoms with Crippen molar-refractivity contribution in [1.29, 1.82) is 0 Å². The molecule has 1 rings (SSSR count). The van der Waals surface area contributed by atoms with Crippen molar-refractivity contribution in [2.24, 2.45) is 0 Å². The number of rotatable bonds is 8. The predicted molar refractivity (Wildman–Crippen MR) is 77.4 cm³/mol. The van der Waals surface area contributed by atoms with Gasteiger partial charge in [-0.3, -0.25) is 0 Å². The lowest BCUT2D eigenvalue weighted by atomic mass is 10.2. The molecule has 0 aliphatic carbocycles. The molecule has 0 aromatic carbocycles. The summed E-state index contributed by atoms with van der Waals surface area (Å²) in [7, 11) is -1.61. The van der Waals surface area contributed by atoms with Gasteiger partial charge in [0.25, 0.3) is 0 Å². The van der Waals surface area contributed by atoms with E-state index in [0.29, 0.717) is 5.54 Å². The van der Waals surface area contributed by atoms with E-state index in [1.807, 2.05) is 4.90 Å². The third-order valence-electron chi connectivity index (χ3n) is 3.83. The number of carbonyl (C=O) groups is 1. The van der Waals surface area contributed by atoms with Crippen molar-refractivity contribution in [3.63, 3.8) is 0 Å². The maximum atomic E-state index is 11.5. The first-order valence-corrected chi connectivity index (χ1v) is 10.2. The summed E-state index contributed by atoms with van der Waals surface area (Å²) in [6, 6.07) is 0.0983. The van der Waals surface area contributed by atoms with E-state index in [2.05, 4.69) is 32.3 Å². The summed E-state index contributed by atoms with van der Waals surface area (Å²) in [5.41, 5.74) is 0.649. The molecule has 0 aromatic heterocycles. The highest BCUT2D eigenvalue weighted by Gasteiger charge is 2.33. The fourth-order valence-corrected chi connectivity index (χ4v) is 5.50. The van der Waals surface area contributed by atoms with Gasteiger partial charge in [-0.2, -0.15) is 0 Å². The van der Waals surface area contributed by atoms with Crippen molar-refractivity contribution in [3.05, 3.63) is 0 Å². The quantitative estimate of drug-likeness (QED) is 0.690. The summed E-state index contributed by atoms with van der Waals surface area (Å²) in [5.74, 6) is 0. The normalized spacial score (nSPS) is 18.0. The minimum atomic E-state index is -1.61. The van der Waals surface area contributed by atoms with Gasteiger partial charge in [-0.15, -0.1) is 0 Å². The van der Waals surface area contributed by atoms with Crippen LogP contribution in [-0.4, -0.2) is 45.5 Å². The molecule has 1 unspecified atom stereocenters. The molecule has 0 radical (unpaired) electrons. The Morgan fingerprint density at radius 2 is 2.11 bits per heavy atom. The van der Waals surface area contributed by atoms with Crippen LogP contribution in [0.3, 0.4) is 0 Å². The molecule has 18 heavy (non-hydrogen) atoms. The number of nitrogens with zero attached hydrogens (tertiary/aromatic N) is 1. The number of hydrogen-bond donors (Lipinski definition) is 1. The Morgan fingerprint density at radius 3 is 2.61 bits per heavy atom. The molecule has 1 fully saturated rings. The number of hydrogen-bond acceptors (Lipinski definition) is 2. The molecule has 106 valence electrons. The Balaban J connectivity index is 2.49. The molecule has 1 aliphatic heterocycles. The lowest BCUT2D eigenvalue weighted by Crippen LogP contribution is -2.39. The maximum absolute atomic E-state index is 11.5. The van der Waals surface area contributed by atoms with E-state index in [9.17, 15) is 4.79 Å². The molecule has 0 saturated carbocycles. The van der Waals surface area contributed by atoms with Gasteiger partial charge < -0.3 is 14.6 Å². The zero-order chi connectivity index (χ0) is 13.6. The Bertz CT molecular complexity index is 272. The van der Waals surface area contributed by atoms with Crippen LogP contribution in [0.5, 0.6) is 0 Å². The van der Waals surface area contributed by atoms with Crippen LogP contribution in [0.15, 0.2) is 0 Å². The Hall–Kier alpha value is -0.553. The highest BCUT2D eigenvalue weighted by Crippen LogP contribution is 2.31. The van der Waals surface area contributed by atoms with E-state index in [1.165, 1.54) is 12.8 Å². The molecule has 0 aromatic rings. The predicted octanol–water partition coefficient (Wildman–Crippen LogP) is 2.81. The minimum absolute atomic E-state index is 0.0983. The van der Waals surface area contributed by atoms with Crippen LogP contribution in [0.1, 0.15) is 33.1 Å². The summed E-state index contributed by atoms with van der Waals surface area (Å²) in [5, 5.41) is 2.86. The van der Waals surface area contributed by atoms with E-state index in [4.69, 9.17) is 4.43 Å². The third kappa shape index (κ3) is 4.28. The first kappa shape index (κ1) is 15.5. The minimum Gasteiger partial charge on any atom is -0.417 e.